The van der Waals surface area contributed by atoms with Crippen molar-refractivity contribution in [2.45, 2.75) is 6.61 Å². The summed E-state index contributed by atoms with van der Waals surface area (Å²) in [4.78, 5) is 3.98. The molecule has 0 radical (unpaired) electrons. The van der Waals surface area contributed by atoms with E-state index in [-0.39, 0.29) is 5.84 Å². The standard InChI is InChI=1S/C13H12BrN3O2/c14-10-3-1-2-9(6-10)8-19-11-4-5-16-12(7-11)13(15)17-18/h1-7,18H,8H2,(H2,15,17). The van der Waals surface area contributed by atoms with Crippen LogP contribution in [0.2, 0.25) is 0 Å². The van der Waals surface area contributed by atoms with E-state index < -0.39 is 0 Å². The van der Waals surface area contributed by atoms with Crippen LogP contribution in [-0.2, 0) is 6.61 Å². The van der Waals surface area contributed by atoms with Crippen LogP contribution in [-0.4, -0.2) is 16.0 Å². The third-order valence-electron chi connectivity index (χ3n) is 2.40. The molecule has 0 bridgehead atoms. The first-order chi connectivity index (χ1) is 9.19. The van der Waals surface area contributed by atoms with Crippen LogP contribution in [0.1, 0.15) is 11.3 Å². The van der Waals surface area contributed by atoms with Crippen molar-refractivity contribution in [1.29, 1.82) is 0 Å². The van der Waals surface area contributed by atoms with Gasteiger partial charge in [0.05, 0.1) is 0 Å². The summed E-state index contributed by atoms with van der Waals surface area (Å²) in [5.74, 6) is 0.560. The number of rotatable bonds is 4. The van der Waals surface area contributed by atoms with Crippen LogP contribution in [0, 0.1) is 0 Å². The van der Waals surface area contributed by atoms with Gasteiger partial charge < -0.3 is 15.7 Å². The monoisotopic (exact) mass is 321 g/mol. The topological polar surface area (TPSA) is 80.7 Å². The molecule has 5 nitrogen and oxygen atoms in total. The summed E-state index contributed by atoms with van der Waals surface area (Å²) in [6.07, 6.45) is 1.55. The maximum atomic E-state index is 8.59. The van der Waals surface area contributed by atoms with E-state index in [1.807, 2.05) is 24.3 Å². The molecule has 0 spiro atoms. The first-order valence-electron chi connectivity index (χ1n) is 5.50. The first-order valence-corrected chi connectivity index (χ1v) is 6.29. The molecule has 98 valence electrons. The second kappa shape index (κ2) is 6.19. The highest BCUT2D eigenvalue weighted by molar-refractivity contribution is 9.10. The number of aromatic nitrogens is 1. The number of hydrogen-bond acceptors (Lipinski definition) is 4. The zero-order chi connectivity index (χ0) is 13.7. The van der Waals surface area contributed by atoms with Gasteiger partial charge in [0, 0.05) is 16.7 Å². The van der Waals surface area contributed by atoms with Gasteiger partial charge in [0.15, 0.2) is 5.84 Å². The molecule has 0 saturated heterocycles. The number of pyridine rings is 1. The minimum absolute atomic E-state index is 0.0482. The molecule has 0 aliphatic rings. The quantitative estimate of drug-likeness (QED) is 0.392. The fraction of sp³-hybridized carbons (Fsp3) is 0.0769. The number of amidine groups is 1. The lowest BCUT2D eigenvalue weighted by Gasteiger charge is -2.07. The van der Waals surface area contributed by atoms with E-state index in [9.17, 15) is 0 Å². The average molecular weight is 322 g/mol. The fourth-order valence-corrected chi connectivity index (χ4v) is 1.93. The zero-order valence-corrected chi connectivity index (χ0v) is 11.5. The van der Waals surface area contributed by atoms with Crippen LogP contribution in [0.15, 0.2) is 52.2 Å². The van der Waals surface area contributed by atoms with Crippen molar-refractivity contribution in [2.75, 3.05) is 0 Å². The molecule has 0 aliphatic carbocycles. The summed E-state index contributed by atoms with van der Waals surface area (Å²) in [6, 6.07) is 11.2. The number of halogens is 1. The van der Waals surface area contributed by atoms with Gasteiger partial charge in [0.1, 0.15) is 18.1 Å². The first kappa shape index (κ1) is 13.4. The Kier molecular flexibility index (Phi) is 4.35. The molecule has 2 rings (SSSR count). The van der Waals surface area contributed by atoms with Crippen LogP contribution in [0.4, 0.5) is 0 Å². The maximum absolute atomic E-state index is 8.59. The number of oxime groups is 1. The fourth-order valence-electron chi connectivity index (χ4n) is 1.49. The lowest BCUT2D eigenvalue weighted by Crippen LogP contribution is -2.14. The minimum Gasteiger partial charge on any atom is -0.489 e. The van der Waals surface area contributed by atoms with E-state index in [1.54, 1.807) is 18.3 Å². The van der Waals surface area contributed by atoms with Gasteiger partial charge in [0.2, 0.25) is 0 Å². The van der Waals surface area contributed by atoms with Gasteiger partial charge in [-0.3, -0.25) is 4.98 Å². The number of ether oxygens (including phenoxy) is 1. The third kappa shape index (κ3) is 3.69. The second-order valence-electron chi connectivity index (χ2n) is 3.78. The van der Waals surface area contributed by atoms with Gasteiger partial charge in [-0.1, -0.05) is 33.2 Å². The van der Waals surface area contributed by atoms with Gasteiger partial charge in [-0.05, 0) is 23.8 Å². The molecule has 0 aliphatic heterocycles. The summed E-state index contributed by atoms with van der Waals surface area (Å²) in [6.45, 7) is 0.430. The van der Waals surface area contributed by atoms with Gasteiger partial charge in [0.25, 0.3) is 0 Å². The van der Waals surface area contributed by atoms with Crippen LogP contribution in [0.25, 0.3) is 0 Å². The van der Waals surface area contributed by atoms with Gasteiger partial charge in [-0.2, -0.15) is 0 Å². The van der Waals surface area contributed by atoms with E-state index in [4.69, 9.17) is 15.7 Å². The Labute approximate surface area is 118 Å². The summed E-state index contributed by atoms with van der Waals surface area (Å²) in [5, 5.41) is 11.5. The van der Waals surface area contributed by atoms with Crippen molar-refractivity contribution < 1.29 is 9.94 Å². The Morgan fingerprint density at radius 1 is 1.37 bits per heavy atom. The Bertz CT molecular complexity index is 602. The van der Waals surface area contributed by atoms with E-state index in [2.05, 4.69) is 26.1 Å². The van der Waals surface area contributed by atoms with Gasteiger partial charge >= 0.3 is 0 Å². The number of benzene rings is 1. The predicted octanol–water partition coefficient (Wildman–Crippen LogP) is 2.52. The van der Waals surface area contributed by atoms with Crippen LogP contribution in [0.3, 0.4) is 0 Å². The largest absolute Gasteiger partial charge is 0.489 e. The van der Waals surface area contributed by atoms with Crippen molar-refractivity contribution in [1.82, 2.24) is 4.98 Å². The molecule has 0 unspecified atom stereocenters. The molecule has 1 heterocycles. The predicted molar refractivity (Wildman–Crippen MR) is 75.2 cm³/mol. The molecular formula is C13H12BrN3O2. The molecule has 19 heavy (non-hydrogen) atoms. The summed E-state index contributed by atoms with van der Waals surface area (Å²) < 4.78 is 6.63. The number of nitrogens with two attached hydrogens (primary N) is 1. The summed E-state index contributed by atoms with van der Waals surface area (Å²) in [5.41, 5.74) is 6.87. The zero-order valence-electron chi connectivity index (χ0n) is 9.95. The molecule has 0 saturated carbocycles. The summed E-state index contributed by atoms with van der Waals surface area (Å²) in [7, 11) is 0. The molecule has 1 aromatic carbocycles. The minimum atomic E-state index is -0.0482. The normalized spacial score (nSPS) is 11.3. The highest BCUT2D eigenvalue weighted by atomic mass is 79.9. The Hall–Kier alpha value is -2.08. The Morgan fingerprint density at radius 3 is 2.95 bits per heavy atom. The summed E-state index contributed by atoms with van der Waals surface area (Å²) >= 11 is 3.40. The highest BCUT2D eigenvalue weighted by Gasteiger charge is 2.03. The SMILES string of the molecule is N/C(=N/O)c1cc(OCc2cccc(Br)c2)ccn1. The van der Waals surface area contributed by atoms with Crippen molar-refractivity contribution in [3.63, 3.8) is 0 Å². The van der Waals surface area contributed by atoms with Crippen LogP contribution < -0.4 is 10.5 Å². The van der Waals surface area contributed by atoms with E-state index >= 15 is 0 Å². The molecular weight excluding hydrogens is 310 g/mol. The average Bonchev–Trinajstić information content (AvgIpc) is 2.45. The van der Waals surface area contributed by atoms with Crippen LogP contribution >= 0.6 is 15.9 Å². The van der Waals surface area contributed by atoms with E-state index in [0.717, 1.165) is 10.0 Å². The Morgan fingerprint density at radius 2 is 2.21 bits per heavy atom. The lowest BCUT2D eigenvalue weighted by molar-refractivity contribution is 0.305. The third-order valence-corrected chi connectivity index (χ3v) is 2.89. The number of nitrogens with zero attached hydrogens (tertiary/aromatic N) is 2. The molecule has 0 atom stereocenters. The molecule has 6 heteroatoms. The van der Waals surface area contributed by atoms with E-state index in [0.29, 0.717) is 18.1 Å². The van der Waals surface area contributed by atoms with Gasteiger partial charge in [-0.15, -0.1) is 0 Å². The molecule has 2 aromatic rings. The van der Waals surface area contributed by atoms with Crippen LogP contribution in [0.5, 0.6) is 5.75 Å². The smallest absolute Gasteiger partial charge is 0.188 e. The molecule has 0 fully saturated rings. The maximum Gasteiger partial charge on any atom is 0.188 e. The highest BCUT2D eigenvalue weighted by Crippen LogP contribution is 2.16. The van der Waals surface area contributed by atoms with Gasteiger partial charge in [-0.25, -0.2) is 0 Å². The van der Waals surface area contributed by atoms with Crippen molar-refractivity contribution in [3.8, 4) is 5.75 Å². The van der Waals surface area contributed by atoms with Crippen molar-refractivity contribution in [3.05, 3.63) is 58.3 Å². The van der Waals surface area contributed by atoms with E-state index in [1.165, 1.54) is 0 Å². The molecule has 1 aromatic heterocycles. The van der Waals surface area contributed by atoms with Crippen molar-refractivity contribution >= 4 is 21.8 Å². The second-order valence-corrected chi connectivity index (χ2v) is 4.70. The Balaban J connectivity index is 2.08. The lowest BCUT2D eigenvalue weighted by atomic mass is 10.2. The number of hydrogen-bond donors (Lipinski definition) is 2. The molecule has 3 N–H and O–H groups in total. The van der Waals surface area contributed by atoms with Crippen molar-refractivity contribution in [2.24, 2.45) is 10.9 Å². The molecule has 0 amide bonds.